The van der Waals surface area contributed by atoms with Crippen molar-refractivity contribution in [3.05, 3.63) is 88.6 Å². The van der Waals surface area contributed by atoms with E-state index in [2.05, 4.69) is 41.7 Å². The number of nitrogens with one attached hydrogen (secondary N) is 1. The van der Waals surface area contributed by atoms with Crippen LogP contribution in [0.25, 0.3) is 0 Å². The fourth-order valence-electron chi connectivity index (χ4n) is 3.74. The van der Waals surface area contributed by atoms with Crippen LogP contribution in [0, 0.1) is 5.92 Å². The molecule has 3 nitrogen and oxygen atoms in total. The number of rotatable bonds is 5. The van der Waals surface area contributed by atoms with Gasteiger partial charge in [-0.15, -0.1) is 0 Å². The summed E-state index contributed by atoms with van der Waals surface area (Å²) >= 11 is 0. The van der Waals surface area contributed by atoms with E-state index < -0.39 is 0 Å². The molecule has 0 radical (unpaired) electrons. The average molecular weight is 359 g/mol. The first-order valence-corrected chi connectivity index (χ1v) is 9.76. The minimum Gasteiger partial charge on any atom is -0.507 e. The summed E-state index contributed by atoms with van der Waals surface area (Å²) in [6, 6.07) is 15.7. The number of hydrogen-bond donors (Lipinski definition) is 2. The van der Waals surface area contributed by atoms with Crippen molar-refractivity contribution in [3.8, 4) is 5.75 Å². The van der Waals surface area contributed by atoms with E-state index in [0.29, 0.717) is 11.5 Å². The molecule has 4 rings (SSSR count). The van der Waals surface area contributed by atoms with Crippen LogP contribution in [0.2, 0.25) is 0 Å². The fraction of sp³-hybridized carbons (Fsp3) is 0.292. The molecule has 2 aliphatic carbocycles. The molecule has 0 aliphatic heterocycles. The van der Waals surface area contributed by atoms with Crippen molar-refractivity contribution in [2.45, 2.75) is 38.5 Å². The van der Waals surface area contributed by atoms with Gasteiger partial charge in [0, 0.05) is 11.6 Å². The van der Waals surface area contributed by atoms with E-state index in [4.69, 9.17) is 0 Å². The molecule has 0 bridgehead atoms. The standard InChI is InChI=1S/C24H25NO2/c1-2-16-8-12-21(23(26)14-16)24(27)25-22-15-19(17-6-4-3-5-7-17)11-13-20(22)18-9-10-18/h3-8,12-15,18-19,26H,2,9-11H2,1H3,(H,25,27). The molecule has 138 valence electrons. The molecule has 1 unspecified atom stereocenters. The molecule has 3 heteroatoms. The Balaban J connectivity index is 1.59. The van der Waals surface area contributed by atoms with Crippen molar-refractivity contribution >= 4 is 5.91 Å². The maximum Gasteiger partial charge on any atom is 0.259 e. The number of aryl methyl sites for hydroxylation is 1. The Morgan fingerprint density at radius 3 is 2.59 bits per heavy atom. The van der Waals surface area contributed by atoms with Gasteiger partial charge < -0.3 is 10.4 Å². The van der Waals surface area contributed by atoms with Gasteiger partial charge in [0.25, 0.3) is 5.91 Å². The van der Waals surface area contributed by atoms with E-state index in [-0.39, 0.29) is 17.6 Å². The highest BCUT2D eigenvalue weighted by atomic mass is 16.3. The van der Waals surface area contributed by atoms with Gasteiger partial charge in [0.05, 0.1) is 5.56 Å². The minimum absolute atomic E-state index is 0.0415. The zero-order valence-corrected chi connectivity index (χ0v) is 15.6. The molecule has 2 aromatic rings. The van der Waals surface area contributed by atoms with E-state index in [1.807, 2.05) is 19.1 Å². The van der Waals surface area contributed by atoms with E-state index >= 15 is 0 Å². The first kappa shape index (κ1) is 17.6. The normalized spacial score (nSPS) is 19.2. The highest BCUT2D eigenvalue weighted by Crippen LogP contribution is 2.43. The summed E-state index contributed by atoms with van der Waals surface area (Å²) in [6.07, 6.45) is 8.62. The van der Waals surface area contributed by atoms with E-state index in [9.17, 15) is 9.90 Å². The van der Waals surface area contributed by atoms with Crippen molar-refractivity contribution < 1.29 is 9.90 Å². The Kier molecular flexibility index (Phi) is 4.85. The molecule has 1 fully saturated rings. The van der Waals surface area contributed by atoms with Crippen molar-refractivity contribution in [1.82, 2.24) is 5.32 Å². The number of amides is 1. The molecule has 1 saturated carbocycles. The van der Waals surface area contributed by atoms with Gasteiger partial charge in [-0.25, -0.2) is 0 Å². The third kappa shape index (κ3) is 3.82. The number of carbonyl (C=O) groups excluding carboxylic acids is 1. The van der Waals surface area contributed by atoms with Crippen molar-refractivity contribution in [2.75, 3.05) is 0 Å². The van der Waals surface area contributed by atoms with Gasteiger partial charge >= 0.3 is 0 Å². The van der Waals surface area contributed by atoms with Crippen LogP contribution in [-0.2, 0) is 6.42 Å². The molecule has 2 aliphatic rings. The van der Waals surface area contributed by atoms with Gasteiger partial charge in [-0.2, -0.15) is 0 Å². The van der Waals surface area contributed by atoms with Crippen LogP contribution in [0.15, 0.2) is 72.0 Å². The molecular formula is C24H25NO2. The van der Waals surface area contributed by atoms with Crippen LogP contribution in [-0.4, -0.2) is 11.0 Å². The smallest absolute Gasteiger partial charge is 0.259 e. The Labute approximate surface area is 160 Å². The maximum absolute atomic E-state index is 12.8. The summed E-state index contributed by atoms with van der Waals surface area (Å²) in [4.78, 5) is 12.8. The van der Waals surface area contributed by atoms with Gasteiger partial charge in [-0.3, -0.25) is 4.79 Å². The first-order chi connectivity index (χ1) is 13.2. The Morgan fingerprint density at radius 1 is 1.15 bits per heavy atom. The van der Waals surface area contributed by atoms with Gasteiger partial charge in [0.2, 0.25) is 0 Å². The molecule has 1 amide bonds. The lowest BCUT2D eigenvalue weighted by atomic mass is 9.87. The topological polar surface area (TPSA) is 49.3 Å². The molecule has 27 heavy (non-hydrogen) atoms. The minimum atomic E-state index is -0.248. The van der Waals surface area contributed by atoms with Crippen LogP contribution in [0.1, 0.15) is 53.6 Å². The van der Waals surface area contributed by atoms with Gasteiger partial charge in [-0.05, 0) is 60.4 Å². The molecule has 0 spiro atoms. The second-order valence-corrected chi connectivity index (χ2v) is 7.43. The van der Waals surface area contributed by atoms with Crippen LogP contribution < -0.4 is 5.32 Å². The summed E-state index contributed by atoms with van der Waals surface area (Å²) < 4.78 is 0. The zero-order valence-electron chi connectivity index (χ0n) is 15.6. The van der Waals surface area contributed by atoms with Crippen LogP contribution in [0.3, 0.4) is 0 Å². The van der Waals surface area contributed by atoms with E-state index in [0.717, 1.165) is 24.1 Å². The van der Waals surface area contributed by atoms with Gasteiger partial charge in [0.1, 0.15) is 5.75 Å². The predicted octanol–water partition coefficient (Wildman–Crippen LogP) is 5.09. The summed E-state index contributed by atoms with van der Waals surface area (Å²) in [5, 5.41) is 13.3. The summed E-state index contributed by atoms with van der Waals surface area (Å²) in [7, 11) is 0. The molecule has 0 heterocycles. The second-order valence-electron chi connectivity index (χ2n) is 7.43. The van der Waals surface area contributed by atoms with Crippen molar-refractivity contribution in [3.63, 3.8) is 0 Å². The van der Waals surface area contributed by atoms with Crippen LogP contribution in [0.4, 0.5) is 0 Å². The number of aromatic hydroxyl groups is 1. The zero-order chi connectivity index (χ0) is 18.8. The SMILES string of the molecule is CCc1ccc(C(=O)NC2=CC(c3ccccc3)CC=C2C2CC2)c(O)c1. The number of carbonyl (C=O) groups is 1. The highest BCUT2D eigenvalue weighted by Gasteiger charge is 2.31. The van der Waals surface area contributed by atoms with E-state index in [1.54, 1.807) is 12.1 Å². The molecule has 2 N–H and O–H groups in total. The largest absolute Gasteiger partial charge is 0.507 e. The number of phenols is 1. The van der Waals surface area contributed by atoms with Crippen LogP contribution >= 0.6 is 0 Å². The maximum atomic E-state index is 12.8. The number of phenolic OH excluding ortho intramolecular Hbond substituents is 1. The third-order valence-corrected chi connectivity index (χ3v) is 5.48. The van der Waals surface area contributed by atoms with Crippen molar-refractivity contribution in [2.24, 2.45) is 5.92 Å². The number of benzene rings is 2. The third-order valence-electron chi connectivity index (χ3n) is 5.48. The molecule has 0 saturated heterocycles. The Morgan fingerprint density at radius 2 is 1.93 bits per heavy atom. The first-order valence-electron chi connectivity index (χ1n) is 9.76. The molecular weight excluding hydrogens is 334 g/mol. The summed E-state index contributed by atoms with van der Waals surface area (Å²) in [6.45, 7) is 2.03. The Hall–Kier alpha value is -2.81. The fourth-order valence-corrected chi connectivity index (χ4v) is 3.74. The lowest BCUT2D eigenvalue weighted by Gasteiger charge is -2.23. The molecule has 0 aromatic heterocycles. The quantitative estimate of drug-likeness (QED) is 0.781. The predicted molar refractivity (Wildman–Crippen MR) is 108 cm³/mol. The highest BCUT2D eigenvalue weighted by molar-refractivity contribution is 5.98. The average Bonchev–Trinajstić information content (AvgIpc) is 3.53. The van der Waals surface area contributed by atoms with Gasteiger partial charge in [0.15, 0.2) is 0 Å². The number of allylic oxidation sites excluding steroid dienone is 3. The monoisotopic (exact) mass is 359 g/mol. The lowest BCUT2D eigenvalue weighted by Crippen LogP contribution is -2.26. The van der Waals surface area contributed by atoms with Crippen molar-refractivity contribution in [1.29, 1.82) is 0 Å². The Bertz CT molecular complexity index is 907. The van der Waals surface area contributed by atoms with Crippen LogP contribution in [0.5, 0.6) is 5.75 Å². The summed E-state index contributed by atoms with van der Waals surface area (Å²) in [5.74, 6) is 0.617. The summed E-state index contributed by atoms with van der Waals surface area (Å²) in [5.41, 5.74) is 4.75. The van der Waals surface area contributed by atoms with Gasteiger partial charge in [-0.1, -0.05) is 55.5 Å². The number of hydrogen-bond acceptors (Lipinski definition) is 2. The second kappa shape index (κ2) is 7.43. The lowest BCUT2D eigenvalue weighted by molar-refractivity contribution is 0.0963. The van der Waals surface area contributed by atoms with E-state index in [1.165, 1.54) is 24.0 Å². The molecule has 2 aromatic carbocycles. The molecule has 1 atom stereocenters.